The van der Waals surface area contributed by atoms with Crippen molar-refractivity contribution in [3.05, 3.63) is 64.7 Å². The number of morpholine rings is 1. The number of rotatable bonds is 9. The summed E-state index contributed by atoms with van der Waals surface area (Å²) in [4.78, 5) is 32.6. The van der Waals surface area contributed by atoms with E-state index < -0.39 is 17.7 Å². The second-order valence-corrected chi connectivity index (χ2v) is 9.70. The average Bonchev–Trinajstić information content (AvgIpc) is 3.14. The van der Waals surface area contributed by atoms with E-state index in [9.17, 15) is 14.7 Å². The number of amides is 1. The summed E-state index contributed by atoms with van der Waals surface area (Å²) in [6.07, 6.45) is 0.724. The van der Waals surface area contributed by atoms with Crippen LogP contribution < -0.4 is 9.64 Å². The van der Waals surface area contributed by atoms with E-state index in [2.05, 4.69) is 4.90 Å². The Labute approximate surface area is 219 Å². The van der Waals surface area contributed by atoms with E-state index in [1.54, 1.807) is 17.0 Å². The molecule has 8 heteroatoms. The SMILES string of the molecule is CCOc1ccc(C(O)=C2C(=O)C(=O)N(CCCN3CCOCC3)[C@H]2c2ccc(N(C)C)cc2)c(C)c1. The predicted octanol–water partition coefficient (Wildman–Crippen LogP) is 3.60. The third-order valence-electron chi connectivity index (χ3n) is 7.01. The average molecular weight is 508 g/mol. The zero-order valence-corrected chi connectivity index (χ0v) is 22.2. The van der Waals surface area contributed by atoms with E-state index in [0.29, 0.717) is 37.7 Å². The van der Waals surface area contributed by atoms with Gasteiger partial charge in [-0.05, 0) is 61.7 Å². The molecule has 0 aliphatic carbocycles. The van der Waals surface area contributed by atoms with Crippen molar-refractivity contribution in [2.45, 2.75) is 26.3 Å². The minimum Gasteiger partial charge on any atom is -0.507 e. The van der Waals surface area contributed by atoms with Gasteiger partial charge in [0.1, 0.15) is 11.5 Å². The number of carbonyl (C=O) groups is 2. The fourth-order valence-electron chi connectivity index (χ4n) is 5.00. The lowest BCUT2D eigenvalue weighted by molar-refractivity contribution is -0.140. The van der Waals surface area contributed by atoms with Crippen molar-refractivity contribution in [1.82, 2.24) is 9.80 Å². The number of likely N-dealkylation sites (tertiary alicyclic amines) is 1. The predicted molar refractivity (Wildman–Crippen MR) is 144 cm³/mol. The van der Waals surface area contributed by atoms with Crippen LogP contribution in [0.2, 0.25) is 0 Å². The number of ether oxygens (including phenoxy) is 2. The number of aliphatic hydroxyl groups is 1. The molecular weight excluding hydrogens is 470 g/mol. The molecule has 2 heterocycles. The van der Waals surface area contributed by atoms with Gasteiger partial charge in [-0.2, -0.15) is 0 Å². The van der Waals surface area contributed by atoms with E-state index >= 15 is 0 Å². The van der Waals surface area contributed by atoms with Crippen LogP contribution in [-0.2, 0) is 14.3 Å². The maximum atomic E-state index is 13.4. The van der Waals surface area contributed by atoms with E-state index in [1.807, 2.05) is 63.2 Å². The number of ketones is 1. The number of hydrogen-bond donors (Lipinski definition) is 1. The lowest BCUT2D eigenvalue weighted by Gasteiger charge is -2.29. The van der Waals surface area contributed by atoms with Gasteiger partial charge in [0.05, 0.1) is 31.4 Å². The van der Waals surface area contributed by atoms with Gasteiger partial charge in [0.2, 0.25) is 0 Å². The molecule has 198 valence electrons. The Morgan fingerprint density at radius 1 is 1.08 bits per heavy atom. The molecule has 0 aromatic heterocycles. The highest BCUT2D eigenvalue weighted by molar-refractivity contribution is 6.46. The Balaban J connectivity index is 1.70. The lowest BCUT2D eigenvalue weighted by Crippen LogP contribution is -2.38. The number of nitrogens with zero attached hydrogens (tertiary/aromatic N) is 3. The summed E-state index contributed by atoms with van der Waals surface area (Å²) >= 11 is 0. The molecular formula is C29H37N3O5. The molecule has 2 aliphatic heterocycles. The van der Waals surface area contributed by atoms with Crippen molar-refractivity contribution in [3.63, 3.8) is 0 Å². The normalized spacial score (nSPS) is 19.9. The van der Waals surface area contributed by atoms with Crippen LogP contribution in [0.3, 0.4) is 0 Å². The smallest absolute Gasteiger partial charge is 0.295 e. The molecule has 1 N–H and O–H groups in total. The number of carbonyl (C=O) groups excluding carboxylic acids is 2. The molecule has 4 rings (SSSR count). The van der Waals surface area contributed by atoms with Crippen LogP contribution in [0.5, 0.6) is 5.75 Å². The Morgan fingerprint density at radius 3 is 2.41 bits per heavy atom. The molecule has 2 fully saturated rings. The first-order chi connectivity index (χ1) is 17.8. The molecule has 0 unspecified atom stereocenters. The van der Waals surface area contributed by atoms with Gasteiger partial charge in [0.25, 0.3) is 11.7 Å². The van der Waals surface area contributed by atoms with Crippen molar-refractivity contribution in [3.8, 4) is 5.75 Å². The molecule has 8 nitrogen and oxygen atoms in total. The first-order valence-electron chi connectivity index (χ1n) is 12.9. The topological polar surface area (TPSA) is 82.5 Å². The van der Waals surface area contributed by atoms with Gasteiger partial charge in [-0.25, -0.2) is 0 Å². The fourth-order valence-corrected chi connectivity index (χ4v) is 5.00. The molecule has 1 atom stereocenters. The standard InChI is InChI=1S/C29H37N3O5/c1-5-37-23-11-12-24(20(2)19-23)27(33)25-26(21-7-9-22(10-8-21)30(3)4)32(29(35)28(25)34)14-6-13-31-15-17-36-18-16-31/h7-12,19,26,33H,5-6,13-18H2,1-4H3/t26-/m0/s1. The minimum absolute atomic E-state index is 0.126. The van der Waals surface area contributed by atoms with E-state index in [1.165, 1.54) is 0 Å². The number of aryl methyl sites for hydroxylation is 1. The van der Waals surface area contributed by atoms with Crippen molar-refractivity contribution in [2.75, 3.05) is 65.0 Å². The van der Waals surface area contributed by atoms with Gasteiger partial charge in [-0.1, -0.05) is 12.1 Å². The molecule has 2 aliphatic rings. The van der Waals surface area contributed by atoms with E-state index in [-0.39, 0.29) is 11.3 Å². The van der Waals surface area contributed by atoms with Crippen LogP contribution in [0.15, 0.2) is 48.0 Å². The third kappa shape index (κ3) is 5.81. The Morgan fingerprint density at radius 2 is 1.78 bits per heavy atom. The van der Waals surface area contributed by atoms with Gasteiger partial charge in [-0.3, -0.25) is 14.5 Å². The Hall–Kier alpha value is -3.36. The second kappa shape index (κ2) is 11.8. The van der Waals surface area contributed by atoms with Crippen LogP contribution in [0, 0.1) is 6.92 Å². The molecule has 2 saturated heterocycles. The zero-order valence-electron chi connectivity index (χ0n) is 22.2. The summed E-state index contributed by atoms with van der Waals surface area (Å²) in [5.74, 6) is -0.695. The largest absolute Gasteiger partial charge is 0.507 e. The highest BCUT2D eigenvalue weighted by Gasteiger charge is 2.46. The van der Waals surface area contributed by atoms with Crippen molar-refractivity contribution < 1.29 is 24.2 Å². The van der Waals surface area contributed by atoms with E-state index in [0.717, 1.165) is 42.9 Å². The first kappa shape index (κ1) is 26.7. The van der Waals surface area contributed by atoms with Gasteiger partial charge >= 0.3 is 0 Å². The summed E-state index contributed by atoms with van der Waals surface area (Å²) < 4.78 is 11.0. The molecule has 2 aromatic rings. The number of benzene rings is 2. The maximum absolute atomic E-state index is 13.4. The molecule has 1 amide bonds. The highest BCUT2D eigenvalue weighted by Crippen LogP contribution is 2.40. The van der Waals surface area contributed by atoms with Crippen LogP contribution in [0.4, 0.5) is 5.69 Å². The summed E-state index contributed by atoms with van der Waals surface area (Å²) in [6.45, 7) is 8.69. The monoisotopic (exact) mass is 507 g/mol. The number of aliphatic hydroxyl groups excluding tert-OH is 1. The summed E-state index contributed by atoms with van der Waals surface area (Å²) in [5.41, 5.74) is 3.21. The zero-order chi connectivity index (χ0) is 26.5. The quantitative estimate of drug-likeness (QED) is 0.315. The molecule has 0 bridgehead atoms. The van der Waals surface area contributed by atoms with Gasteiger partial charge < -0.3 is 24.4 Å². The number of anilines is 1. The van der Waals surface area contributed by atoms with Crippen molar-refractivity contribution in [1.29, 1.82) is 0 Å². The van der Waals surface area contributed by atoms with Gasteiger partial charge in [0, 0.05) is 51.5 Å². The van der Waals surface area contributed by atoms with Crippen LogP contribution in [-0.4, -0.2) is 86.7 Å². The number of Topliss-reactive ketones (excluding diaryl/α,β-unsaturated/α-hetero) is 1. The Bertz CT molecular complexity index is 1150. The Kier molecular flexibility index (Phi) is 8.51. The van der Waals surface area contributed by atoms with Crippen molar-refractivity contribution in [2.24, 2.45) is 0 Å². The summed E-state index contributed by atoms with van der Waals surface area (Å²) in [7, 11) is 3.92. The molecule has 2 aromatic carbocycles. The van der Waals surface area contributed by atoms with Crippen molar-refractivity contribution >= 4 is 23.1 Å². The first-order valence-corrected chi connectivity index (χ1v) is 12.9. The molecule has 0 radical (unpaired) electrons. The van der Waals surface area contributed by atoms with Crippen LogP contribution in [0.1, 0.15) is 36.1 Å². The van der Waals surface area contributed by atoms with Gasteiger partial charge in [-0.15, -0.1) is 0 Å². The van der Waals surface area contributed by atoms with Gasteiger partial charge in [0.15, 0.2) is 0 Å². The molecule has 37 heavy (non-hydrogen) atoms. The molecule has 0 spiro atoms. The number of hydrogen-bond acceptors (Lipinski definition) is 7. The van der Waals surface area contributed by atoms with E-state index in [4.69, 9.17) is 9.47 Å². The molecule has 0 saturated carbocycles. The fraction of sp³-hybridized carbons (Fsp3) is 0.448. The minimum atomic E-state index is -0.660. The maximum Gasteiger partial charge on any atom is 0.295 e. The summed E-state index contributed by atoms with van der Waals surface area (Å²) in [6, 6.07) is 12.5. The van der Waals surface area contributed by atoms with Crippen LogP contribution >= 0.6 is 0 Å². The summed E-state index contributed by atoms with van der Waals surface area (Å²) in [5, 5.41) is 11.4. The third-order valence-corrected chi connectivity index (χ3v) is 7.01. The van der Waals surface area contributed by atoms with Crippen LogP contribution in [0.25, 0.3) is 5.76 Å². The second-order valence-electron chi connectivity index (χ2n) is 9.70. The highest BCUT2D eigenvalue weighted by atomic mass is 16.5. The lowest BCUT2D eigenvalue weighted by atomic mass is 9.93.